The molecule has 0 aliphatic carbocycles. The maximum Gasteiger partial charge on any atom is 0.433 e. The molecule has 0 spiro atoms. The van der Waals surface area contributed by atoms with Crippen LogP contribution in [0.5, 0.6) is 0 Å². The van der Waals surface area contributed by atoms with Crippen LogP contribution in [0.3, 0.4) is 0 Å². The number of H-pyrrole nitrogens is 1. The maximum absolute atomic E-state index is 14.5. The fourth-order valence-electron chi connectivity index (χ4n) is 3.58. The van der Waals surface area contributed by atoms with E-state index in [2.05, 4.69) is 15.9 Å². The highest BCUT2D eigenvalue weighted by molar-refractivity contribution is 5.81. The Bertz CT molecular complexity index is 1550. The smallest absolute Gasteiger partial charge is 0.433 e. The second-order valence-electron chi connectivity index (χ2n) is 7.18. The van der Waals surface area contributed by atoms with Crippen molar-refractivity contribution in [2.75, 3.05) is 7.11 Å². The van der Waals surface area contributed by atoms with E-state index in [1.54, 1.807) is 6.92 Å². The van der Waals surface area contributed by atoms with Crippen molar-refractivity contribution in [2.24, 2.45) is 0 Å². The lowest BCUT2D eigenvalue weighted by Gasteiger charge is -2.08. The highest BCUT2D eigenvalue weighted by Gasteiger charge is 2.39. The lowest BCUT2D eigenvalue weighted by Crippen LogP contribution is -2.20. The number of nitrogens with one attached hydrogen (secondary N) is 1. The quantitative estimate of drug-likeness (QED) is 0.264. The molecule has 7 nitrogen and oxygen atoms in total. The Labute approximate surface area is 189 Å². The van der Waals surface area contributed by atoms with Gasteiger partial charge in [0.2, 0.25) is 5.89 Å². The number of aryl methyl sites for hydroxylation is 2. The van der Waals surface area contributed by atoms with Crippen molar-refractivity contribution < 1.29 is 26.7 Å². The molecule has 3 heterocycles. The van der Waals surface area contributed by atoms with Crippen molar-refractivity contribution >= 4 is 11.4 Å². The van der Waals surface area contributed by atoms with Gasteiger partial charge < -0.3 is 9.15 Å². The summed E-state index contributed by atoms with van der Waals surface area (Å²) in [6.07, 6.45) is 1.66. The van der Waals surface area contributed by atoms with Gasteiger partial charge in [-0.2, -0.15) is 17.7 Å². The number of terminal acetylenes is 1. The van der Waals surface area contributed by atoms with Crippen LogP contribution in [0, 0.1) is 32.0 Å². The number of benzene rings is 1. The molecule has 0 atom stereocenters. The highest BCUT2D eigenvalue weighted by Crippen LogP contribution is 2.39. The topological polar surface area (TPSA) is 85.4 Å². The summed E-state index contributed by atoms with van der Waals surface area (Å²) in [6.45, 7) is 2.97. The number of oxazole rings is 1. The summed E-state index contributed by atoms with van der Waals surface area (Å²) in [7, 11) is 1.37. The first-order valence-electron chi connectivity index (χ1n) is 9.74. The number of allylic oxidation sites excluding steroid dienone is 1. The van der Waals surface area contributed by atoms with Gasteiger partial charge in [0, 0.05) is 11.6 Å². The van der Waals surface area contributed by atoms with Crippen LogP contribution in [0.1, 0.15) is 22.8 Å². The second kappa shape index (κ2) is 8.22. The van der Waals surface area contributed by atoms with Crippen molar-refractivity contribution in [1.29, 1.82) is 0 Å². The molecular formula is C23H16F4N4O3. The van der Waals surface area contributed by atoms with Crippen molar-refractivity contribution in [3.05, 3.63) is 69.4 Å². The Morgan fingerprint density at radius 3 is 2.56 bits per heavy atom. The molecule has 0 unspecified atom stereocenters. The van der Waals surface area contributed by atoms with Crippen LogP contribution in [-0.2, 0) is 10.9 Å². The molecule has 0 radical (unpaired) electrons. The Kier molecular flexibility index (Phi) is 5.53. The third-order valence-electron chi connectivity index (χ3n) is 5.07. The summed E-state index contributed by atoms with van der Waals surface area (Å²) in [5.74, 6) is 1.67. The number of rotatable bonds is 4. The van der Waals surface area contributed by atoms with E-state index < -0.39 is 34.5 Å². The van der Waals surface area contributed by atoms with E-state index in [9.17, 15) is 22.4 Å². The van der Waals surface area contributed by atoms with Crippen molar-refractivity contribution in [1.82, 2.24) is 19.6 Å². The summed E-state index contributed by atoms with van der Waals surface area (Å²) < 4.78 is 67.4. The van der Waals surface area contributed by atoms with Crippen LogP contribution in [0.4, 0.5) is 17.6 Å². The summed E-state index contributed by atoms with van der Waals surface area (Å²) in [5, 5.41) is 2.03. The van der Waals surface area contributed by atoms with E-state index >= 15 is 0 Å². The molecule has 0 saturated heterocycles. The molecule has 1 N–H and O–H groups in total. The molecule has 0 bridgehead atoms. The second-order valence-corrected chi connectivity index (χ2v) is 7.18. The number of fused-ring (bicyclic) bond motifs is 1. The monoisotopic (exact) mass is 472 g/mol. The van der Waals surface area contributed by atoms with Crippen LogP contribution in [0.2, 0.25) is 0 Å². The molecule has 0 aliphatic heterocycles. The molecule has 3 aromatic heterocycles. The molecule has 4 rings (SSSR count). The van der Waals surface area contributed by atoms with Gasteiger partial charge in [0.05, 0.1) is 18.4 Å². The number of nitrogens with zero attached hydrogens (tertiary/aromatic N) is 3. The minimum absolute atomic E-state index is 0.0306. The molecule has 11 heteroatoms. The highest BCUT2D eigenvalue weighted by atomic mass is 19.4. The predicted molar refractivity (Wildman–Crippen MR) is 115 cm³/mol. The number of aromatic amines is 1. The maximum atomic E-state index is 14.5. The fraction of sp³-hybridized carbons (Fsp3) is 0.174. The zero-order chi connectivity index (χ0) is 24.8. The van der Waals surface area contributed by atoms with Crippen molar-refractivity contribution in [3.8, 4) is 34.9 Å². The van der Waals surface area contributed by atoms with Crippen LogP contribution in [-0.4, -0.2) is 26.7 Å². The summed E-state index contributed by atoms with van der Waals surface area (Å²) in [6, 6.07) is 4.92. The van der Waals surface area contributed by atoms with E-state index in [4.69, 9.17) is 15.6 Å². The van der Waals surface area contributed by atoms with Gasteiger partial charge in [0.25, 0.3) is 5.56 Å². The molecular weight excluding hydrogens is 456 g/mol. The van der Waals surface area contributed by atoms with Crippen LogP contribution in [0.15, 0.2) is 39.6 Å². The lowest BCUT2D eigenvalue weighted by molar-refractivity contribution is -0.140. The van der Waals surface area contributed by atoms with E-state index in [1.807, 2.05) is 5.10 Å². The number of methoxy groups -OCH3 is 1. The van der Waals surface area contributed by atoms with E-state index in [0.29, 0.717) is 4.52 Å². The number of hydrogen-bond acceptors (Lipinski definition) is 5. The molecule has 0 amide bonds. The first-order valence-corrected chi connectivity index (χ1v) is 9.74. The zero-order valence-corrected chi connectivity index (χ0v) is 18.0. The van der Waals surface area contributed by atoms with Gasteiger partial charge in [-0.1, -0.05) is 24.1 Å². The standard InChI is InChI=1S/C23H16F4N4O3/c1-5-8-15(33-4)18-12(3)34-21(29-18)16-11(2)28-20-17(13-9-6-7-10-14(13)24)19(23(25,26)27)30-31(20)22(16)32/h1,6-10,30H,2-4H3/b15-8+. The van der Waals surface area contributed by atoms with Gasteiger partial charge >= 0.3 is 6.18 Å². The molecule has 34 heavy (non-hydrogen) atoms. The van der Waals surface area contributed by atoms with Crippen LogP contribution >= 0.6 is 0 Å². The number of aromatic nitrogens is 4. The van der Waals surface area contributed by atoms with Crippen molar-refractivity contribution in [2.45, 2.75) is 20.0 Å². The van der Waals surface area contributed by atoms with Crippen molar-refractivity contribution in [3.63, 3.8) is 0 Å². The summed E-state index contributed by atoms with van der Waals surface area (Å²) >= 11 is 0. The predicted octanol–water partition coefficient (Wildman–Crippen LogP) is 4.74. The van der Waals surface area contributed by atoms with Gasteiger partial charge in [-0.3, -0.25) is 9.89 Å². The number of ether oxygens (including phenoxy) is 1. The molecule has 0 fully saturated rings. The fourth-order valence-corrected chi connectivity index (χ4v) is 3.58. The average molecular weight is 472 g/mol. The first kappa shape index (κ1) is 22.8. The number of alkyl halides is 3. The lowest BCUT2D eigenvalue weighted by atomic mass is 10.0. The number of halogens is 4. The third kappa shape index (κ3) is 3.63. The molecule has 1 aromatic carbocycles. The Morgan fingerprint density at radius 1 is 1.24 bits per heavy atom. The van der Waals surface area contributed by atoms with Gasteiger partial charge in [-0.15, -0.1) is 6.42 Å². The Morgan fingerprint density at radius 2 is 1.94 bits per heavy atom. The van der Waals surface area contributed by atoms with Gasteiger partial charge in [-0.05, 0) is 19.9 Å². The van der Waals surface area contributed by atoms with E-state index in [0.717, 1.165) is 6.07 Å². The molecule has 0 aliphatic rings. The summed E-state index contributed by atoms with van der Waals surface area (Å²) in [5.41, 5.74) is -3.50. The van der Waals surface area contributed by atoms with E-state index in [1.165, 1.54) is 38.3 Å². The average Bonchev–Trinajstić information content (AvgIpc) is 3.33. The molecule has 174 valence electrons. The normalized spacial score (nSPS) is 12.2. The molecule has 4 aromatic rings. The largest absolute Gasteiger partial charge is 0.494 e. The van der Waals surface area contributed by atoms with Gasteiger partial charge in [0.15, 0.2) is 11.4 Å². The Balaban J connectivity index is 2.03. The molecule has 0 saturated carbocycles. The summed E-state index contributed by atoms with van der Waals surface area (Å²) in [4.78, 5) is 21.7. The van der Waals surface area contributed by atoms with Gasteiger partial charge in [0.1, 0.15) is 28.5 Å². The zero-order valence-electron chi connectivity index (χ0n) is 18.0. The minimum Gasteiger partial charge on any atom is -0.494 e. The van der Waals surface area contributed by atoms with Gasteiger partial charge in [-0.25, -0.2) is 14.4 Å². The minimum atomic E-state index is -4.92. The van der Waals surface area contributed by atoms with Crippen LogP contribution < -0.4 is 5.56 Å². The number of hydrogen-bond donors (Lipinski definition) is 1. The SMILES string of the molecule is C#C/C=C(/OC)c1nc(-c2c(C)nc3c(-c4ccccc4F)c(C(F)(F)F)[nH]n3c2=O)oc1C. The third-order valence-corrected chi connectivity index (χ3v) is 5.07. The Hall–Kier alpha value is -4.33. The first-order chi connectivity index (χ1) is 16.1. The van der Waals surface area contributed by atoms with E-state index in [-0.39, 0.29) is 39.9 Å². The van der Waals surface area contributed by atoms with Crippen LogP contribution in [0.25, 0.3) is 34.0 Å².